The lowest BCUT2D eigenvalue weighted by Gasteiger charge is -2.49. The van der Waals surface area contributed by atoms with Crippen molar-refractivity contribution in [2.24, 2.45) is 11.3 Å². The van der Waals surface area contributed by atoms with Crippen LogP contribution in [0.4, 0.5) is 0 Å². The van der Waals surface area contributed by atoms with Gasteiger partial charge in [-0.3, -0.25) is 4.79 Å². The number of hydrogen-bond donors (Lipinski definition) is 1. The van der Waals surface area contributed by atoms with Crippen molar-refractivity contribution in [3.05, 3.63) is 71.3 Å². The van der Waals surface area contributed by atoms with Gasteiger partial charge in [-0.15, -0.1) is 0 Å². The Kier molecular flexibility index (Phi) is 5.95. The molecule has 0 aliphatic heterocycles. The molecule has 0 saturated carbocycles. The second-order valence-electron chi connectivity index (χ2n) is 9.24. The fraction of sp³-hybridized carbons (Fsp3) is 0.480. The van der Waals surface area contributed by atoms with Gasteiger partial charge in [-0.2, -0.15) is 0 Å². The molecule has 2 aromatic carbocycles. The van der Waals surface area contributed by atoms with Crippen molar-refractivity contribution in [1.29, 1.82) is 0 Å². The Morgan fingerprint density at radius 3 is 2.43 bits per heavy atom. The van der Waals surface area contributed by atoms with E-state index in [0.29, 0.717) is 19.1 Å². The van der Waals surface area contributed by atoms with Crippen LogP contribution >= 0.6 is 0 Å². The maximum atomic E-state index is 13.6. The first-order valence-electron chi connectivity index (χ1n) is 10.3. The molecular weight excluding hydrogens is 346 g/mol. The third kappa shape index (κ3) is 3.73. The van der Waals surface area contributed by atoms with Gasteiger partial charge in [0, 0.05) is 24.5 Å². The summed E-state index contributed by atoms with van der Waals surface area (Å²) >= 11 is 0. The minimum Gasteiger partial charge on any atom is -0.381 e. The first-order valence-corrected chi connectivity index (χ1v) is 10.3. The molecule has 0 bridgehead atoms. The van der Waals surface area contributed by atoms with Crippen LogP contribution in [-0.4, -0.2) is 25.7 Å². The third-order valence-corrected chi connectivity index (χ3v) is 5.76. The summed E-state index contributed by atoms with van der Waals surface area (Å²) in [6.07, 6.45) is 0. The number of carbonyl (C=O) groups is 1. The van der Waals surface area contributed by atoms with Crippen LogP contribution < -0.4 is 5.32 Å². The van der Waals surface area contributed by atoms with Gasteiger partial charge in [0.15, 0.2) is 0 Å². The Hall–Kier alpha value is -2.13. The molecule has 1 amide bonds. The fourth-order valence-electron chi connectivity index (χ4n) is 4.26. The van der Waals surface area contributed by atoms with E-state index in [0.717, 1.165) is 17.7 Å². The molecule has 0 radical (unpaired) electrons. The molecule has 1 aliphatic rings. The van der Waals surface area contributed by atoms with Crippen molar-refractivity contribution in [1.82, 2.24) is 5.32 Å². The first-order chi connectivity index (χ1) is 13.3. The molecule has 3 nitrogen and oxygen atoms in total. The van der Waals surface area contributed by atoms with Crippen molar-refractivity contribution >= 4 is 5.91 Å². The molecule has 28 heavy (non-hydrogen) atoms. The summed E-state index contributed by atoms with van der Waals surface area (Å²) in [6.45, 7) is 12.7. The summed E-state index contributed by atoms with van der Waals surface area (Å²) in [7, 11) is 0. The molecule has 0 fully saturated rings. The van der Waals surface area contributed by atoms with E-state index in [1.165, 1.54) is 5.56 Å². The van der Waals surface area contributed by atoms with Gasteiger partial charge in [-0.25, -0.2) is 0 Å². The van der Waals surface area contributed by atoms with E-state index < -0.39 is 5.41 Å². The van der Waals surface area contributed by atoms with E-state index in [2.05, 4.69) is 70.3 Å². The first kappa shape index (κ1) is 20.6. The van der Waals surface area contributed by atoms with Crippen LogP contribution in [0.2, 0.25) is 0 Å². The summed E-state index contributed by atoms with van der Waals surface area (Å²) in [5.74, 6) is 0.743. The van der Waals surface area contributed by atoms with Crippen molar-refractivity contribution in [2.45, 2.75) is 46.0 Å². The largest absolute Gasteiger partial charge is 0.381 e. The van der Waals surface area contributed by atoms with Crippen LogP contribution in [0.5, 0.6) is 0 Å². The summed E-state index contributed by atoms with van der Waals surface area (Å²) in [4.78, 5) is 13.6. The van der Waals surface area contributed by atoms with Crippen LogP contribution in [0, 0.1) is 11.3 Å². The second-order valence-corrected chi connectivity index (χ2v) is 9.24. The van der Waals surface area contributed by atoms with Gasteiger partial charge in [0.25, 0.3) is 0 Å². The van der Waals surface area contributed by atoms with E-state index in [9.17, 15) is 4.79 Å². The average Bonchev–Trinajstić information content (AvgIpc) is 2.67. The summed E-state index contributed by atoms with van der Waals surface area (Å²) in [5, 5.41) is 3.25. The van der Waals surface area contributed by atoms with Crippen LogP contribution in [0.25, 0.3) is 0 Å². The quantitative estimate of drug-likeness (QED) is 0.708. The van der Waals surface area contributed by atoms with Gasteiger partial charge in [0.05, 0.1) is 6.61 Å². The number of benzene rings is 2. The standard InChI is InChI=1S/C25H33NO2/c1-18(2)15-28-17-24(4,5)16-26-23(27)25(20-11-7-6-8-12-20)19(3)21-13-9-10-14-22(21)25/h6-14,18-19H,15-17H2,1-5H3,(H,26,27)/t19-,25?/m1/s1. The highest BCUT2D eigenvalue weighted by molar-refractivity contribution is 5.97. The number of amides is 1. The van der Waals surface area contributed by atoms with E-state index in [4.69, 9.17) is 4.74 Å². The number of nitrogens with one attached hydrogen (secondary N) is 1. The zero-order valence-electron chi connectivity index (χ0n) is 17.8. The van der Waals surface area contributed by atoms with Crippen LogP contribution in [0.3, 0.4) is 0 Å². The van der Waals surface area contributed by atoms with Crippen molar-refractivity contribution < 1.29 is 9.53 Å². The molecular formula is C25H33NO2. The molecule has 3 heteroatoms. The molecule has 1 N–H and O–H groups in total. The molecule has 1 aliphatic carbocycles. The number of rotatable bonds is 8. The van der Waals surface area contributed by atoms with Crippen molar-refractivity contribution in [2.75, 3.05) is 19.8 Å². The summed E-state index contributed by atoms with van der Waals surface area (Å²) in [6, 6.07) is 18.5. The second kappa shape index (κ2) is 8.08. The Labute approximate surface area is 169 Å². The van der Waals surface area contributed by atoms with Gasteiger partial charge in [-0.05, 0) is 22.6 Å². The van der Waals surface area contributed by atoms with E-state index in [1.54, 1.807) is 0 Å². The predicted molar refractivity (Wildman–Crippen MR) is 115 cm³/mol. The molecule has 0 aromatic heterocycles. The minimum atomic E-state index is -0.618. The topological polar surface area (TPSA) is 38.3 Å². The lowest BCUT2D eigenvalue weighted by atomic mass is 9.53. The van der Waals surface area contributed by atoms with Gasteiger partial charge in [0.1, 0.15) is 5.41 Å². The number of fused-ring (bicyclic) bond motifs is 1. The molecule has 1 unspecified atom stereocenters. The van der Waals surface area contributed by atoms with Gasteiger partial charge >= 0.3 is 0 Å². The Bertz CT molecular complexity index is 812. The molecule has 2 aromatic rings. The van der Waals surface area contributed by atoms with E-state index in [-0.39, 0.29) is 17.2 Å². The maximum Gasteiger partial charge on any atom is 0.235 e. The Morgan fingerprint density at radius 2 is 1.75 bits per heavy atom. The Balaban J connectivity index is 1.81. The lowest BCUT2D eigenvalue weighted by molar-refractivity contribution is -0.127. The highest BCUT2D eigenvalue weighted by Gasteiger charge is 2.55. The van der Waals surface area contributed by atoms with Gasteiger partial charge in [-0.1, -0.05) is 89.2 Å². The van der Waals surface area contributed by atoms with Crippen LogP contribution in [0.15, 0.2) is 54.6 Å². The maximum absolute atomic E-state index is 13.6. The molecule has 0 saturated heterocycles. The Morgan fingerprint density at radius 1 is 1.11 bits per heavy atom. The highest BCUT2D eigenvalue weighted by Crippen LogP contribution is 2.55. The molecule has 0 heterocycles. The fourth-order valence-corrected chi connectivity index (χ4v) is 4.26. The number of ether oxygens (including phenoxy) is 1. The van der Waals surface area contributed by atoms with Crippen molar-refractivity contribution in [3.63, 3.8) is 0 Å². The predicted octanol–water partition coefficient (Wildman–Crippen LogP) is 4.90. The SMILES string of the molecule is CC(C)COCC(C)(C)CNC(=O)C1(c2ccccc2)c2ccccc2[C@H]1C. The molecule has 150 valence electrons. The molecule has 2 atom stereocenters. The third-order valence-electron chi connectivity index (χ3n) is 5.76. The van der Waals surface area contributed by atoms with Crippen LogP contribution in [0.1, 0.15) is 57.2 Å². The normalized spacial score (nSPS) is 21.1. The molecule has 0 spiro atoms. The van der Waals surface area contributed by atoms with Crippen LogP contribution in [-0.2, 0) is 14.9 Å². The lowest BCUT2D eigenvalue weighted by Crippen LogP contribution is -2.56. The smallest absolute Gasteiger partial charge is 0.235 e. The zero-order valence-corrected chi connectivity index (χ0v) is 17.8. The average molecular weight is 380 g/mol. The number of carbonyl (C=O) groups excluding carboxylic acids is 1. The molecule has 3 rings (SSSR count). The summed E-state index contributed by atoms with van der Waals surface area (Å²) in [5.41, 5.74) is 2.72. The van der Waals surface area contributed by atoms with Gasteiger partial charge in [0.2, 0.25) is 5.91 Å². The van der Waals surface area contributed by atoms with Gasteiger partial charge < -0.3 is 10.1 Å². The van der Waals surface area contributed by atoms with E-state index in [1.807, 2.05) is 24.3 Å². The monoisotopic (exact) mass is 379 g/mol. The van der Waals surface area contributed by atoms with E-state index >= 15 is 0 Å². The number of hydrogen-bond acceptors (Lipinski definition) is 2. The summed E-state index contributed by atoms with van der Waals surface area (Å²) < 4.78 is 5.83. The van der Waals surface area contributed by atoms with Crippen molar-refractivity contribution in [3.8, 4) is 0 Å². The zero-order chi connectivity index (χ0) is 20.4. The minimum absolute atomic E-state index is 0.0850. The highest BCUT2D eigenvalue weighted by atomic mass is 16.5.